The molecule has 22 heavy (non-hydrogen) atoms. The maximum absolute atomic E-state index is 10.5. The largest absolute Gasteiger partial charge is 0.478 e. The molecule has 0 aromatic rings. The van der Waals surface area contributed by atoms with Crippen LogP contribution in [0.3, 0.4) is 0 Å². The molecule has 0 saturated heterocycles. The lowest BCUT2D eigenvalue weighted by atomic mass is 10.4. The molecule has 0 aliphatic heterocycles. The molecule has 124 valence electrons. The van der Waals surface area contributed by atoms with Crippen molar-refractivity contribution in [3.05, 3.63) is 49.6 Å². The second kappa shape index (κ2) is 16.4. The molecule has 0 aliphatic rings. The monoisotopic (exact) mass is 312 g/mol. The first kappa shape index (κ1) is 24.4. The lowest BCUT2D eigenvalue weighted by Crippen LogP contribution is -2.03. The Balaban J connectivity index is -0.000000252. The van der Waals surface area contributed by atoms with Crippen molar-refractivity contribution in [2.24, 2.45) is 0 Å². The summed E-state index contributed by atoms with van der Waals surface area (Å²) in [5.41, 5.74) is 0.590. The molecule has 1 N–H and O–H groups in total. The average molecular weight is 312 g/mol. The second-order valence-corrected chi connectivity index (χ2v) is 3.71. The van der Waals surface area contributed by atoms with E-state index in [4.69, 9.17) is 5.11 Å². The van der Waals surface area contributed by atoms with Gasteiger partial charge in [0, 0.05) is 17.2 Å². The molecule has 0 bridgehead atoms. The SMILES string of the molecule is C=C(C)C(=O)O.C=CC(=O)OCC.C=CCOC(=O)C(=C)C. The van der Waals surface area contributed by atoms with Gasteiger partial charge in [-0.3, -0.25) is 0 Å². The van der Waals surface area contributed by atoms with Gasteiger partial charge in [0.15, 0.2) is 0 Å². The van der Waals surface area contributed by atoms with Gasteiger partial charge >= 0.3 is 17.9 Å². The topological polar surface area (TPSA) is 89.9 Å². The highest BCUT2D eigenvalue weighted by molar-refractivity contribution is 5.87. The molecule has 0 aromatic carbocycles. The third-order valence-corrected chi connectivity index (χ3v) is 1.50. The fourth-order valence-corrected chi connectivity index (χ4v) is 0.459. The summed E-state index contributed by atoms with van der Waals surface area (Å²) in [6.07, 6.45) is 2.66. The molecule has 0 aliphatic carbocycles. The summed E-state index contributed by atoms with van der Waals surface area (Å²) in [5.74, 6) is -1.66. The minimum Gasteiger partial charge on any atom is -0.478 e. The molecular weight excluding hydrogens is 288 g/mol. The number of carbonyl (C=O) groups excluding carboxylic acids is 2. The minimum atomic E-state index is -0.935. The number of aliphatic carboxylic acids is 1. The van der Waals surface area contributed by atoms with Crippen LogP contribution >= 0.6 is 0 Å². The fraction of sp³-hybridized carbons (Fsp3) is 0.312. The molecule has 0 atom stereocenters. The van der Waals surface area contributed by atoms with E-state index in [1.165, 1.54) is 13.0 Å². The number of rotatable bonds is 6. The van der Waals surface area contributed by atoms with Crippen LogP contribution in [0.1, 0.15) is 20.8 Å². The van der Waals surface area contributed by atoms with Crippen LogP contribution in [0.25, 0.3) is 0 Å². The second-order valence-electron chi connectivity index (χ2n) is 3.71. The van der Waals surface area contributed by atoms with Crippen molar-refractivity contribution >= 4 is 17.9 Å². The van der Waals surface area contributed by atoms with Crippen molar-refractivity contribution in [2.45, 2.75) is 20.8 Å². The quantitative estimate of drug-likeness (QED) is 0.461. The third kappa shape index (κ3) is 22.5. The van der Waals surface area contributed by atoms with Crippen LogP contribution in [-0.2, 0) is 23.9 Å². The zero-order valence-electron chi connectivity index (χ0n) is 13.4. The summed E-state index contributed by atoms with van der Waals surface area (Å²) in [6, 6.07) is 0. The number of carbonyl (C=O) groups is 3. The zero-order chi connectivity index (χ0) is 18.1. The van der Waals surface area contributed by atoms with Gasteiger partial charge in [0.2, 0.25) is 0 Å². The molecule has 0 unspecified atom stereocenters. The van der Waals surface area contributed by atoms with E-state index < -0.39 is 5.97 Å². The Morgan fingerprint density at radius 3 is 1.68 bits per heavy atom. The van der Waals surface area contributed by atoms with E-state index in [0.717, 1.165) is 6.08 Å². The first-order valence-corrected chi connectivity index (χ1v) is 6.25. The molecule has 0 heterocycles. The van der Waals surface area contributed by atoms with Gasteiger partial charge in [-0.05, 0) is 20.8 Å². The van der Waals surface area contributed by atoms with Gasteiger partial charge in [-0.15, -0.1) is 0 Å². The van der Waals surface area contributed by atoms with Crippen molar-refractivity contribution in [2.75, 3.05) is 13.2 Å². The predicted octanol–water partition coefficient (Wildman–Crippen LogP) is 2.67. The molecule has 0 radical (unpaired) electrons. The van der Waals surface area contributed by atoms with Gasteiger partial charge in [-0.2, -0.15) is 0 Å². The van der Waals surface area contributed by atoms with Crippen LogP contribution < -0.4 is 0 Å². The molecule has 0 spiro atoms. The molecule has 0 amide bonds. The molecule has 0 saturated carbocycles. The van der Waals surface area contributed by atoms with Crippen LogP contribution in [0, 0.1) is 0 Å². The highest BCUT2D eigenvalue weighted by Gasteiger charge is 1.98. The third-order valence-electron chi connectivity index (χ3n) is 1.50. The normalized spacial score (nSPS) is 7.77. The lowest BCUT2D eigenvalue weighted by molar-refractivity contribution is -0.138. The van der Waals surface area contributed by atoms with Crippen LogP contribution in [0.4, 0.5) is 0 Å². The molecule has 0 fully saturated rings. The smallest absolute Gasteiger partial charge is 0.333 e. The molecule has 6 heteroatoms. The van der Waals surface area contributed by atoms with Gasteiger partial charge in [-0.1, -0.05) is 32.4 Å². The van der Waals surface area contributed by atoms with Crippen LogP contribution in [0.5, 0.6) is 0 Å². The number of carboxylic acid groups (broad SMARTS) is 1. The summed E-state index contributed by atoms with van der Waals surface area (Å²) < 4.78 is 9.03. The van der Waals surface area contributed by atoms with E-state index in [2.05, 4.69) is 35.8 Å². The fourth-order valence-electron chi connectivity index (χ4n) is 0.459. The highest BCUT2D eigenvalue weighted by Crippen LogP contribution is 1.90. The Kier molecular flexibility index (Phi) is 18.2. The van der Waals surface area contributed by atoms with E-state index in [0.29, 0.717) is 12.2 Å². The van der Waals surface area contributed by atoms with Gasteiger partial charge in [0.05, 0.1) is 6.61 Å². The average Bonchev–Trinajstić information content (AvgIpc) is 2.45. The maximum Gasteiger partial charge on any atom is 0.333 e. The highest BCUT2D eigenvalue weighted by atomic mass is 16.5. The van der Waals surface area contributed by atoms with Crippen LogP contribution in [0.2, 0.25) is 0 Å². The van der Waals surface area contributed by atoms with E-state index in [9.17, 15) is 14.4 Å². The molecule has 6 nitrogen and oxygen atoms in total. The molecule has 0 rings (SSSR count). The Labute approximate surface area is 131 Å². The Morgan fingerprint density at radius 2 is 1.50 bits per heavy atom. The zero-order valence-corrected chi connectivity index (χ0v) is 13.4. The number of carboxylic acids is 1. The van der Waals surface area contributed by atoms with E-state index in [-0.39, 0.29) is 24.1 Å². The summed E-state index contributed by atoms with van der Waals surface area (Å²) in [5, 5.41) is 7.89. The lowest BCUT2D eigenvalue weighted by Gasteiger charge is -1.97. The summed E-state index contributed by atoms with van der Waals surface area (Å²) in [6.45, 7) is 18.6. The Hall–Kier alpha value is -2.63. The first-order valence-electron chi connectivity index (χ1n) is 6.25. The van der Waals surface area contributed by atoms with Crippen LogP contribution in [-0.4, -0.2) is 36.2 Å². The Bertz CT molecular complexity index is 408. The number of hydrogen-bond donors (Lipinski definition) is 1. The predicted molar refractivity (Wildman–Crippen MR) is 85.2 cm³/mol. The first-order chi connectivity index (χ1) is 10.1. The summed E-state index contributed by atoms with van der Waals surface area (Å²) >= 11 is 0. The summed E-state index contributed by atoms with van der Waals surface area (Å²) in [7, 11) is 0. The van der Waals surface area contributed by atoms with E-state index >= 15 is 0 Å². The molecular formula is C16H24O6. The maximum atomic E-state index is 10.5. The summed E-state index contributed by atoms with van der Waals surface area (Å²) in [4.78, 5) is 30.2. The number of ether oxygens (including phenoxy) is 2. The van der Waals surface area contributed by atoms with Crippen molar-refractivity contribution in [1.29, 1.82) is 0 Å². The van der Waals surface area contributed by atoms with Gasteiger partial charge in [0.1, 0.15) is 6.61 Å². The van der Waals surface area contributed by atoms with Gasteiger partial charge < -0.3 is 14.6 Å². The minimum absolute atomic E-state index is 0.176. The van der Waals surface area contributed by atoms with Crippen molar-refractivity contribution in [3.8, 4) is 0 Å². The van der Waals surface area contributed by atoms with Gasteiger partial charge in [-0.25, -0.2) is 14.4 Å². The Morgan fingerprint density at radius 1 is 1.05 bits per heavy atom. The van der Waals surface area contributed by atoms with Crippen molar-refractivity contribution < 1.29 is 29.0 Å². The van der Waals surface area contributed by atoms with Crippen molar-refractivity contribution in [1.82, 2.24) is 0 Å². The van der Waals surface area contributed by atoms with Crippen molar-refractivity contribution in [3.63, 3.8) is 0 Å². The number of hydrogen-bond acceptors (Lipinski definition) is 5. The van der Waals surface area contributed by atoms with E-state index in [1.54, 1.807) is 13.8 Å². The number of esters is 2. The standard InChI is InChI=1S/C7H10O2.C5H8O2.C4H6O2/c1-4-5-9-7(8)6(2)3;1-3-5(6)7-4-2;1-3(2)4(5)6/h4H,1-2,5H2,3H3;3H,1,4H2,2H3;1H2,2H3,(H,5,6). The molecule has 0 aromatic heterocycles. The van der Waals surface area contributed by atoms with Gasteiger partial charge in [0.25, 0.3) is 0 Å². The van der Waals surface area contributed by atoms with Crippen LogP contribution in [0.15, 0.2) is 49.6 Å². The van der Waals surface area contributed by atoms with E-state index in [1.807, 2.05) is 0 Å².